The number of nitrogens with zero attached hydrogens (tertiary/aromatic N) is 4. The second-order valence-corrected chi connectivity index (χ2v) is 10.7. The van der Waals surface area contributed by atoms with Crippen molar-refractivity contribution in [2.45, 2.75) is 50.3 Å². The maximum atomic E-state index is 13.2. The fraction of sp³-hybridized carbons (Fsp3) is 0.550. The molecular weight excluding hydrogens is 497 g/mol. The Morgan fingerprint density at radius 1 is 1.53 bits per heavy atom. The van der Waals surface area contributed by atoms with Crippen molar-refractivity contribution >= 4 is 30.9 Å². The molecule has 16 heteroatoms. The Balaban J connectivity index is 1.65. The summed E-state index contributed by atoms with van der Waals surface area (Å²) < 4.78 is 36.5. The van der Waals surface area contributed by atoms with Crippen LogP contribution in [-0.4, -0.2) is 75.3 Å². The van der Waals surface area contributed by atoms with Crippen LogP contribution in [0.1, 0.15) is 26.5 Å². The van der Waals surface area contributed by atoms with Gasteiger partial charge in [0, 0.05) is 0 Å². The van der Waals surface area contributed by atoms with Gasteiger partial charge >= 0.3 is 19.6 Å². The van der Waals surface area contributed by atoms with Gasteiger partial charge in [-0.3, -0.25) is 14.2 Å². The van der Waals surface area contributed by atoms with Gasteiger partial charge in [-0.2, -0.15) is 10.4 Å². The number of hydrogen-bond acceptors (Lipinski definition) is 12. The minimum absolute atomic E-state index is 0.107. The Bertz CT molecular complexity index is 1270. The highest BCUT2D eigenvalue weighted by molar-refractivity contribution is 7.54. The normalized spacial score (nSPS) is 32.7. The quantitative estimate of drug-likeness (QED) is 0.284. The fourth-order valence-electron chi connectivity index (χ4n) is 4.17. The monoisotopic (exact) mass is 523 g/mol. The highest BCUT2D eigenvalue weighted by Gasteiger charge is 2.67. The minimum atomic E-state index is -3.98. The zero-order chi connectivity index (χ0) is 26.3. The number of aromatic nitrogens is 3. The number of anilines is 1. The van der Waals surface area contributed by atoms with Crippen molar-refractivity contribution < 1.29 is 38.0 Å². The number of hydrogen-bond donors (Lipinski definition) is 4. The molecule has 0 spiro atoms. The van der Waals surface area contributed by atoms with Crippen molar-refractivity contribution in [3.8, 4) is 6.07 Å². The standard InChI is InChI=1S/C20H26N7O8P/c1-11(2)33-15(28)6-25-36(31)26-7-16(29)34-17-13(8-32-36)35-20(9-21,19(17,3)30)14-5-4-12-18(22)23-10-24-27(12)14/h4-5,10-11,13,17,30H,6-8H2,1-3H3,(H2,22,23,24)(H2,25,26,31)/t13-,17?,19?,20+,36?/m1/s1. The number of fused-ring (bicyclic) bond motifs is 2. The molecule has 0 bridgehead atoms. The molecule has 4 rings (SSSR count). The van der Waals surface area contributed by atoms with Gasteiger partial charge in [0.25, 0.3) is 0 Å². The summed E-state index contributed by atoms with van der Waals surface area (Å²) in [7, 11) is -3.98. The van der Waals surface area contributed by atoms with Crippen molar-refractivity contribution in [3.05, 3.63) is 24.2 Å². The van der Waals surface area contributed by atoms with Crippen molar-refractivity contribution in [2.24, 2.45) is 0 Å². The van der Waals surface area contributed by atoms with Gasteiger partial charge in [0.1, 0.15) is 42.7 Å². The summed E-state index contributed by atoms with van der Waals surface area (Å²) >= 11 is 0. The van der Waals surface area contributed by atoms with Crippen LogP contribution in [0.2, 0.25) is 0 Å². The minimum Gasteiger partial charge on any atom is -0.462 e. The number of aliphatic hydroxyl groups is 1. The third-order valence-electron chi connectivity index (χ3n) is 5.84. The summed E-state index contributed by atoms with van der Waals surface area (Å²) in [4.78, 5) is 28.3. The molecule has 2 fully saturated rings. The van der Waals surface area contributed by atoms with Crippen molar-refractivity contribution in [2.75, 3.05) is 25.4 Å². The third-order valence-corrected chi connectivity index (χ3v) is 7.50. The summed E-state index contributed by atoms with van der Waals surface area (Å²) in [5.74, 6) is -1.45. The van der Waals surface area contributed by atoms with E-state index in [1.54, 1.807) is 19.9 Å². The highest BCUT2D eigenvalue weighted by Crippen LogP contribution is 2.50. The molecule has 5 atom stereocenters. The summed E-state index contributed by atoms with van der Waals surface area (Å²) in [6.07, 6.45) is -1.83. The summed E-state index contributed by atoms with van der Waals surface area (Å²) in [5, 5.41) is 30.8. The predicted molar refractivity (Wildman–Crippen MR) is 121 cm³/mol. The average Bonchev–Trinajstić information content (AvgIpc) is 3.35. The van der Waals surface area contributed by atoms with Crippen LogP contribution in [0.5, 0.6) is 0 Å². The van der Waals surface area contributed by atoms with Crippen molar-refractivity contribution in [3.63, 3.8) is 0 Å². The van der Waals surface area contributed by atoms with Gasteiger partial charge in [0.2, 0.25) is 5.60 Å². The molecule has 2 saturated heterocycles. The first-order chi connectivity index (χ1) is 16.9. The van der Waals surface area contributed by atoms with Gasteiger partial charge in [-0.25, -0.2) is 19.7 Å². The number of esters is 2. The third kappa shape index (κ3) is 4.43. The largest absolute Gasteiger partial charge is 0.462 e. The Morgan fingerprint density at radius 3 is 2.97 bits per heavy atom. The molecule has 36 heavy (non-hydrogen) atoms. The molecule has 0 saturated carbocycles. The summed E-state index contributed by atoms with van der Waals surface area (Å²) in [6, 6.07) is 5.02. The second kappa shape index (κ2) is 9.40. The number of rotatable bonds is 5. The molecule has 15 nitrogen and oxygen atoms in total. The van der Waals surface area contributed by atoms with E-state index in [0.717, 1.165) is 0 Å². The molecule has 2 aromatic rings. The molecule has 0 aromatic carbocycles. The van der Waals surface area contributed by atoms with Gasteiger partial charge < -0.3 is 29.6 Å². The van der Waals surface area contributed by atoms with Crippen LogP contribution < -0.4 is 15.9 Å². The number of carbonyl (C=O) groups is 2. The Morgan fingerprint density at radius 2 is 2.28 bits per heavy atom. The van der Waals surface area contributed by atoms with Crippen LogP contribution in [0.25, 0.3) is 5.52 Å². The van der Waals surface area contributed by atoms with Crippen LogP contribution in [0.3, 0.4) is 0 Å². The van der Waals surface area contributed by atoms with Crippen LogP contribution in [0.4, 0.5) is 5.82 Å². The van der Waals surface area contributed by atoms with Gasteiger partial charge in [-0.15, -0.1) is 0 Å². The first kappa shape index (κ1) is 26.0. The zero-order valence-electron chi connectivity index (χ0n) is 19.7. The van der Waals surface area contributed by atoms with E-state index in [0.29, 0.717) is 5.52 Å². The van der Waals surface area contributed by atoms with E-state index in [1.807, 2.05) is 6.07 Å². The second-order valence-electron chi connectivity index (χ2n) is 8.72. The molecule has 3 unspecified atom stereocenters. The van der Waals surface area contributed by atoms with Crippen molar-refractivity contribution in [1.29, 1.82) is 5.26 Å². The van der Waals surface area contributed by atoms with Gasteiger partial charge in [0.05, 0.1) is 18.4 Å². The maximum Gasteiger partial charge on any atom is 0.341 e. The first-order valence-corrected chi connectivity index (χ1v) is 12.6. The Labute approximate surface area is 205 Å². The molecule has 0 radical (unpaired) electrons. The van der Waals surface area contributed by atoms with Crippen molar-refractivity contribution in [1.82, 2.24) is 24.8 Å². The lowest BCUT2D eigenvalue weighted by molar-refractivity contribution is -0.163. The van der Waals surface area contributed by atoms with E-state index >= 15 is 0 Å². The zero-order valence-corrected chi connectivity index (χ0v) is 20.6. The predicted octanol–water partition coefficient (Wildman–Crippen LogP) is -0.639. The molecule has 194 valence electrons. The van der Waals surface area contributed by atoms with E-state index in [4.69, 9.17) is 24.5 Å². The topological polar surface area (TPSA) is 212 Å². The van der Waals surface area contributed by atoms with Gasteiger partial charge in [-0.05, 0) is 32.9 Å². The molecular formula is C20H26N7O8P. The number of nitriles is 1. The summed E-state index contributed by atoms with van der Waals surface area (Å²) in [5.41, 5.74) is 2.16. The molecule has 5 N–H and O–H groups in total. The lowest BCUT2D eigenvalue weighted by Gasteiger charge is -2.34. The van der Waals surface area contributed by atoms with Crippen LogP contribution >= 0.6 is 7.67 Å². The van der Waals surface area contributed by atoms with Crippen LogP contribution in [0, 0.1) is 11.3 Å². The smallest absolute Gasteiger partial charge is 0.341 e. The number of nitrogen functional groups attached to an aromatic ring is 1. The molecule has 4 heterocycles. The number of ether oxygens (including phenoxy) is 3. The van der Waals surface area contributed by atoms with E-state index in [1.165, 1.54) is 23.8 Å². The van der Waals surface area contributed by atoms with E-state index in [2.05, 4.69) is 20.3 Å². The molecule has 2 aliphatic rings. The maximum absolute atomic E-state index is 13.2. The SMILES string of the molecule is CC(C)OC(=O)CNP1(=O)NCC(=O)OC2[C@@H](CO1)O[C@@](C#N)(c1ccc3c(N)ncnn13)C2(C)O. The van der Waals surface area contributed by atoms with E-state index < -0.39 is 62.7 Å². The Hall–Kier alpha value is -3.12. The number of nitrogens with two attached hydrogens (primary N) is 1. The first-order valence-electron chi connectivity index (χ1n) is 11.0. The average molecular weight is 523 g/mol. The van der Waals surface area contributed by atoms with Crippen LogP contribution in [0.15, 0.2) is 18.5 Å². The van der Waals surface area contributed by atoms with E-state index in [-0.39, 0.29) is 17.6 Å². The van der Waals surface area contributed by atoms with Gasteiger partial charge in [-0.1, -0.05) is 0 Å². The molecule has 0 amide bonds. The fourth-order valence-corrected chi connectivity index (χ4v) is 5.49. The molecule has 2 aliphatic heterocycles. The molecule has 2 aromatic heterocycles. The lowest BCUT2D eigenvalue weighted by atomic mass is 9.80. The molecule has 0 aliphatic carbocycles. The summed E-state index contributed by atoms with van der Waals surface area (Å²) in [6.45, 7) is 3.07. The highest BCUT2D eigenvalue weighted by atomic mass is 31.2. The number of carbonyl (C=O) groups excluding carboxylic acids is 2. The number of nitrogens with one attached hydrogen (secondary N) is 2. The van der Waals surface area contributed by atoms with Gasteiger partial charge in [0.15, 0.2) is 11.9 Å². The Kier molecular flexibility index (Phi) is 6.78. The lowest BCUT2D eigenvalue weighted by Crippen LogP contribution is -2.54. The van der Waals surface area contributed by atoms with E-state index in [9.17, 15) is 24.5 Å². The van der Waals surface area contributed by atoms with Crippen LogP contribution in [-0.2, 0) is 38.5 Å².